The Morgan fingerprint density at radius 3 is 2.34 bits per heavy atom. The molecular weight excluding hydrogens is 382 g/mol. The number of hydrogen-bond acceptors (Lipinski definition) is 4. The van der Waals surface area contributed by atoms with Gasteiger partial charge in [0.2, 0.25) is 11.8 Å². The highest BCUT2D eigenvalue weighted by molar-refractivity contribution is 7.98. The predicted octanol–water partition coefficient (Wildman–Crippen LogP) is 4.46. The molecular formula is C23H25N3O2S. The fourth-order valence-electron chi connectivity index (χ4n) is 3.10. The molecule has 2 amide bonds. The van der Waals surface area contributed by atoms with E-state index in [1.165, 1.54) is 0 Å². The minimum Gasteiger partial charge on any atom is -0.325 e. The van der Waals surface area contributed by atoms with E-state index in [9.17, 15) is 9.59 Å². The number of rotatable bonds is 8. The van der Waals surface area contributed by atoms with Gasteiger partial charge in [-0.05, 0) is 36.9 Å². The topological polar surface area (TPSA) is 61.4 Å². The second-order valence-electron chi connectivity index (χ2n) is 6.81. The number of likely N-dealkylation sites (N-methyl/N-ethyl adjacent to an activating group) is 1. The van der Waals surface area contributed by atoms with E-state index in [4.69, 9.17) is 0 Å². The summed E-state index contributed by atoms with van der Waals surface area (Å²) in [7, 11) is 1.84. The molecule has 0 saturated carbocycles. The lowest BCUT2D eigenvalue weighted by Crippen LogP contribution is -2.32. The molecule has 5 nitrogen and oxygen atoms in total. The Kier molecular flexibility index (Phi) is 7.27. The van der Waals surface area contributed by atoms with Gasteiger partial charge in [0.15, 0.2) is 0 Å². The minimum atomic E-state index is -0.0940. The second-order valence-corrected chi connectivity index (χ2v) is 7.66. The summed E-state index contributed by atoms with van der Waals surface area (Å²) in [5.41, 5.74) is 1.62. The van der Waals surface area contributed by atoms with Crippen LogP contribution in [-0.2, 0) is 9.59 Å². The van der Waals surface area contributed by atoms with Gasteiger partial charge in [-0.15, -0.1) is 11.8 Å². The first-order valence-electron chi connectivity index (χ1n) is 9.46. The molecule has 3 aromatic carbocycles. The van der Waals surface area contributed by atoms with Crippen molar-refractivity contribution in [2.75, 3.05) is 37.0 Å². The number of anilines is 2. The molecule has 3 rings (SSSR count). The highest BCUT2D eigenvalue weighted by Gasteiger charge is 2.11. The predicted molar refractivity (Wildman–Crippen MR) is 122 cm³/mol. The van der Waals surface area contributed by atoms with Crippen LogP contribution in [0.1, 0.15) is 6.42 Å². The molecule has 0 unspecified atom stereocenters. The first-order chi connectivity index (χ1) is 14.1. The Bertz CT molecular complexity index is 1000. The largest absolute Gasteiger partial charge is 0.325 e. The minimum absolute atomic E-state index is 0.0682. The van der Waals surface area contributed by atoms with Crippen LogP contribution < -0.4 is 10.6 Å². The zero-order chi connectivity index (χ0) is 20.6. The van der Waals surface area contributed by atoms with Crippen molar-refractivity contribution in [3.63, 3.8) is 0 Å². The maximum absolute atomic E-state index is 12.4. The smallest absolute Gasteiger partial charge is 0.238 e. The van der Waals surface area contributed by atoms with E-state index in [2.05, 4.69) is 10.6 Å². The van der Waals surface area contributed by atoms with Gasteiger partial charge in [0.25, 0.3) is 0 Å². The van der Waals surface area contributed by atoms with Crippen LogP contribution >= 0.6 is 11.8 Å². The van der Waals surface area contributed by atoms with E-state index in [1.807, 2.05) is 84.9 Å². The molecule has 0 radical (unpaired) electrons. The van der Waals surface area contributed by atoms with Gasteiger partial charge < -0.3 is 10.6 Å². The molecule has 0 bridgehead atoms. The number of benzene rings is 3. The van der Waals surface area contributed by atoms with E-state index in [1.54, 1.807) is 11.8 Å². The molecule has 0 heterocycles. The van der Waals surface area contributed by atoms with Gasteiger partial charge >= 0.3 is 0 Å². The molecule has 150 valence electrons. The lowest BCUT2D eigenvalue weighted by atomic mass is 10.1. The van der Waals surface area contributed by atoms with Crippen LogP contribution in [0.4, 0.5) is 11.4 Å². The van der Waals surface area contributed by atoms with E-state index >= 15 is 0 Å². The van der Waals surface area contributed by atoms with E-state index in [0.29, 0.717) is 13.0 Å². The number of para-hydroxylation sites is 1. The van der Waals surface area contributed by atoms with Crippen molar-refractivity contribution in [1.82, 2.24) is 4.90 Å². The normalized spacial score (nSPS) is 10.9. The Hall–Kier alpha value is -2.83. The van der Waals surface area contributed by atoms with E-state index in [0.717, 1.165) is 27.0 Å². The zero-order valence-corrected chi connectivity index (χ0v) is 17.5. The van der Waals surface area contributed by atoms with Crippen molar-refractivity contribution in [2.45, 2.75) is 11.3 Å². The molecule has 0 aliphatic carbocycles. The van der Waals surface area contributed by atoms with E-state index < -0.39 is 0 Å². The summed E-state index contributed by atoms with van der Waals surface area (Å²) >= 11 is 1.59. The van der Waals surface area contributed by atoms with Crippen molar-refractivity contribution in [2.24, 2.45) is 0 Å². The van der Waals surface area contributed by atoms with Crippen LogP contribution in [0.15, 0.2) is 71.6 Å². The Morgan fingerprint density at radius 2 is 1.52 bits per heavy atom. The van der Waals surface area contributed by atoms with Crippen LogP contribution in [0.3, 0.4) is 0 Å². The summed E-state index contributed by atoms with van der Waals surface area (Å²) in [6, 6.07) is 21.5. The summed E-state index contributed by atoms with van der Waals surface area (Å²) in [6.45, 7) is 0.721. The first-order valence-corrected chi connectivity index (χ1v) is 10.7. The fourth-order valence-corrected chi connectivity index (χ4v) is 3.66. The number of amides is 2. The molecule has 0 fully saturated rings. The summed E-state index contributed by atoms with van der Waals surface area (Å²) in [6.07, 6.45) is 2.29. The van der Waals surface area contributed by atoms with Crippen LogP contribution in [0, 0.1) is 0 Å². The van der Waals surface area contributed by atoms with Crippen molar-refractivity contribution in [3.05, 3.63) is 66.7 Å². The third kappa shape index (κ3) is 5.82. The standard InChI is InChI=1S/C23H25N3O2S/c1-26(16-23(28)25-20-11-5-6-13-21(20)29-2)15-14-22(27)24-19-12-7-9-17-8-3-4-10-18(17)19/h3-13H,14-16H2,1-2H3,(H,24,27)(H,25,28). The monoisotopic (exact) mass is 407 g/mol. The molecule has 0 aromatic heterocycles. The number of fused-ring (bicyclic) bond motifs is 1. The lowest BCUT2D eigenvalue weighted by molar-refractivity contribution is -0.119. The third-order valence-electron chi connectivity index (χ3n) is 4.58. The van der Waals surface area contributed by atoms with Crippen LogP contribution in [0.25, 0.3) is 10.8 Å². The Labute approximate surface area is 175 Å². The number of hydrogen-bond donors (Lipinski definition) is 2. The number of carbonyl (C=O) groups excluding carboxylic acids is 2. The SMILES string of the molecule is CSc1ccccc1NC(=O)CN(C)CCC(=O)Nc1cccc2ccccc12. The quantitative estimate of drug-likeness (QED) is 0.541. The molecule has 29 heavy (non-hydrogen) atoms. The van der Waals surface area contributed by atoms with Gasteiger partial charge in [-0.1, -0.05) is 48.5 Å². The molecule has 0 aliphatic rings. The van der Waals surface area contributed by atoms with Crippen LogP contribution in [0.2, 0.25) is 0 Å². The van der Waals surface area contributed by atoms with Gasteiger partial charge in [-0.25, -0.2) is 0 Å². The molecule has 0 saturated heterocycles. The maximum Gasteiger partial charge on any atom is 0.238 e. The molecule has 6 heteroatoms. The number of carbonyl (C=O) groups is 2. The third-order valence-corrected chi connectivity index (χ3v) is 5.37. The van der Waals surface area contributed by atoms with Gasteiger partial charge in [-0.3, -0.25) is 14.5 Å². The lowest BCUT2D eigenvalue weighted by Gasteiger charge is -2.17. The molecule has 0 atom stereocenters. The van der Waals surface area contributed by atoms with Crippen molar-refractivity contribution in [3.8, 4) is 0 Å². The molecule has 3 aromatic rings. The summed E-state index contributed by atoms with van der Waals surface area (Å²) in [5.74, 6) is -0.162. The molecule has 0 aliphatic heterocycles. The van der Waals surface area contributed by atoms with Gasteiger partial charge in [0, 0.05) is 28.9 Å². The maximum atomic E-state index is 12.4. The van der Waals surface area contributed by atoms with Crippen molar-refractivity contribution >= 4 is 45.7 Å². The first kappa shape index (κ1) is 20.9. The number of nitrogens with zero attached hydrogens (tertiary/aromatic N) is 1. The number of nitrogens with one attached hydrogen (secondary N) is 2. The van der Waals surface area contributed by atoms with Crippen LogP contribution in [-0.4, -0.2) is 43.1 Å². The average molecular weight is 408 g/mol. The fraction of sp³-hybridized carbons (Fsp3) is 0.217. The van der Waals surface area contributed by atoms with Gasteiger partial charge in [0.05, 0.1) is 12.2 Å². The molecule has 2 N–H and O–H groups in total. The van der Waals surface area contributed by atoms with Crippen LogP contribution in [0.5, 0.6) is 0 Å². The van der Waals surface area contributed by atoms with Crippen molar-refractivity contribution < 1.29 is 9.59 Å². The number of thioether (sulfide) groups is 1. The summed E-state index contributed by atoms with van der Waals surface area (Å²) < 4.78 is 0. The Balaban J connectivity index is 1.49. The molecule has 0 spiro atoms. The van der Waals surface area contributed by atoms with Gasteiger partial charge in [0.1, 0.15) is 0 Å². The second kappa shape index (κ2) is 10.1. The Morgan fingerprint density at radius 1 is 0.862 bits per heavy atom. The zero-order valence-electron chi connectivity index (χ0n) is 16.6. The van der Waals surface area contributed by atoms with E-state index in [-0.39, 0.29) is 18.4 Å². The van der Waals surface area contributed by atoms with Crippen molar-refractivity contribution in [1.29, 1.82) is 0 Å². The average Bonchev–Trinajstić information content (AvgIpc) is 2.73. The summed E-state index contributed by atoms with van der Waals surface area (Å²) in [5, 5.41) is 8.02. The van der Waals surface area contributed by atoms with Gasteiger partial charge in [-0.2, -0.15) is 0 Å². The highest BCUT2D eigenvalue weighted by atomic mass is 32.2. The summed E-state index contributed by atoms with van der Waals surface area (Å²) in [4.78, 5) is 27.6. The highest BCUT2D eigenvalue weighted by Crippen LogP contribution is 2.24.